The first-order valence-electron chi connectivity index (χ1n) is 6.96. The van der Waals surface area contributed by atoms with Crippen LogP contribution in [0.15, 0.2) is 23.0 Å². The predicted molar refractivity (Wildman–Crippen MR) is 84.8 cm³/mol. The fourth-order valence-corrected chi connectivity index (χ4v) is 2.44. The summed E-state index contributed by atoms with van der Waals surface area (Å²) in [6.45, 7) is 1.70. The van der Waals surface area contributed by atoms with Crippen molar-refractivity contribution in [3.63, 3.8) is 0 Å². The Balaban J connectivity index is 2.72. The monoisotopic (exact) mass is 320 g/mol. The summed E-state index contributed by atoms with van der Waals surface area (Å²) in [6, 6.07) is 4.38. The topological polar surface area (TPSA) is 93.6 Å². The van der Waals surface area contributed by atoms with Gasteiger partial charge in [-0.2, -0.15) is 0 Å². The lowest BCUT2D eigenvalue weighted by Gasteiger charge is -2.16. The number of carboxylic acids is 1. The van der Waals surface area contributed by atoms with Gasteiger partial charge in [-0.05, 0) is 18.6 Å². The van der Waals surface area contributed by atoms with Crippen LogP contribution in [0.1, 0.15) is 22.8 Å². The molecule has 122 valence electrons. The van der Waals surface area contributed by atoms with E-state index < -0.39 is 28.7 Å². The van der Waals surface area contributed by atoms with Crippen molar-refractivity contribution in [2.45, 2.75) is 13.3 Å². The number of carbonyl (C=O) groups is 1. The predicted octanol–water partition coefficient (Wildman–Crippen LogP) is 2.21. The molecule has 1 heterocycles. The van der Waals surface area contributed by atoms with Gasteiger partial charge in [0.2, 0.25) is 0 Å². The van der Waals surface area contributed by atoms with E-state index in [0.717, 1.165) is 0 Å². The van der Waals surface area contributed by atoms with Crippen LogP contribution in [-0.4, -0.2) is 35.3 Å². The molecule has 0 radical (unpaired) electrons. The van der Waals surface area contributed by atoms with Crippen LogP contribution in [0.3, 0.4) is 0 Å². The summed E-state index contributed by atoms with van der Waals surface area (Å²) in [5, 5.41) is 19.1. The van der Waals surface area contributed by atoms with E-state index in [4.69, 9.17) is 5.11 Å². The lowest BCUT2D eigenvalue weighted by Crippen LogP contribution is -2.20. The average molecular weight is 320 g/mol. The highest BCUT2D eigenvalue weighted by atomic mass is 19.1. The largest absolute Gasteiger partial charge is 0.506 e. The first-order valence-corrected chi connectivity index (χ1v) is 6.96. The van der Waals surface area contributed by atoms with E-state index in [9.17, 15) is 19.1 Å². The van der Waals surface area contributed by atoms with E-state index in [-0.39, 0.29) is 17.7 Å². The van der Waals surface area contributed by atoms with Gasteiger partial charge in [0.1, 0.15) is 11.6 Å². The average Bonchev–Trinajstić information content (AvgIpc) is 2.45. The van der Waals surface area contributed by atoms with E-state index in [1.54, 1.807) is 38.1 Å². The van der Waals surface area contributed by atoms with Crippen molar-refractivity contribution in [3.05, 3.63) is 45.5 Å². The Morgan fingerprint density at radius 3 is 2.48 bits per heavy atom. The smallest absolute Gasteiger partial charge is 0.345 e. The van der Waals surface area contributed by atoms with Crippen LogP contribution < -0.4 is 10.5 Å². The van der Waals surface area contributed by atoms with Crippen molar-refractivity contribution in [2.24, 2.45) is 0 Å². The molecule has 0 aliphatic carbocycles. The zero-order valence-electron chi connectivity index (χ0n) is 13.0. The number of aromatic carboxylic acids is 1. The van der Waals surface area contributed by atoms with E-state index in [2.05, 4.69) is 4.98 Å². The van der Waals surface area contributed by atoms with Crippen LogP contribution >= 0.6 is 0 Å². The second kappa shape index (κ2) is 6.12. The normalized spacial score (nSPS) is 10.6. The molecule has 2 aromatic rings. The number of aromatic amines is 1. The molecule has 0 fully saturated rings. The van der Waals surface area contributed by atoms with Gasteiger partial charge >= 0.3 is 5.97 Å². The second-order valence-electron chi connectivity index (χ2n) is 5.25. The Bertz CT molecular complexity index is 828. The molecule has 6 nitrogen and oxygen atoms in total. The quantitative estimate of drug-likeness (QED) is 0.803. The first-order chi connectivity index (χ1) is 10.8. The fraction of sp³-hybridized carbons (Fsp3) is 0.250. The molecule has 0 aliphatic heterocycles. The van der Waals surface area contributed by atoms with Gasteiger partial charge in [-0.25, -0.2) is 9.18 Å². The van der Waals surface area contributed by atoms with Crippen molar-refractivity contribution >= 4 is 11.7 Å². The highest BCUT2D eigenvalue weighted by Crippen LogP contribution is 2.31. The van der Waals surface area contributed by atoms with Gasteiger partial charge < -0.3 is 20.1 Å². The first kappa shape index (κ1) is 16.5. The molecule has 23 heavy (non-hydrogen) atoms. The summed E-state index contributed by atoms with van der Waals surface area (Å²) in [4.78, 5) is 27.0. The van der Waals surface area contributed by atoms with Crippen molar-refractivity contribution in [1.82, 2.24) is 4.98 Å². The number of aromatic nitrogens is 1. The second-order valence-corrected chi connectivity index (χ2v) is 5.25. The minimum Gasteiger partial charge on any atom is -0.506 e. The van der Waals surface area contributed by atoms with Gasteiger partial charge in [0.25, 0.3) is 5.56 Å². The summed E-state index contributed by atoms with van der Waals surface area (Å²) in [5.41, 5.74) is -0.451. The number of carboxylic acid groups (broad SMARTS) is 1. The summed E-state index contributed by atoms with van der Waals surface area (Å²) >= 11 is 0. The number of anilines is 1. The number of rotatable bonds is 4. The van der Waals surface area contributed by atoms with Gasteiger partial charge in [-0.1, -0.05) is 13.0 Å². The summed E-state index contributed by atoms with van der Waals surface area (Å²) in [5.74, 6) is -2.59. The third-order valence-corrected chi connectivity index (χ3v) is 3.58. The third kappa shape index (κ3) is 2.90. The molecule has 0 bridgehead atoms. The number of aromatic hydroxyl groups is 1. The highest BCUT2D eigenvalue weighted by Gasteiger charge is 2.22. The number of hydrogen-bond acceptors (Lipinski definition) is 4. The van der Waals surface area contributed by atoms with Crippen LogP contribution in [0.25, 0.3) is 11.3 Å². The van der Waals surface area contributed by atoms with Crippen molar-refractivity contribution < 1.29 is 19.4 Å². The minimum absolute atomic E-state index is 0.212. The van der Waals surface area contributed by atoms with Gasteiger partial charge in [0.15, 0.2) is 5.56 Å². The molecule has 0 amide bonds. The SMILES string of the molecule is CCc1c(-c2ccc(N(C)C)c(F)c2)[nH]c(=O)c(C(=O)O)c1O. The number of nitrogens with zero attached hydrogens (tertiary/aromatic N) is 1. The molecular weight excluding hydrogens is 303 g/mol. The Kier molecular flexibility index (Phi) is 4.40. The number of nitrogens with one attached hydrogen (secondary N) is 1. The van der Waals surface area contributed by atoms with E-state index >= 15 is 0 Å². The van der Waals surface area contributed by atoms with Gasteiger partial charge in [0.05, 0.1) is 11.4 Å². The summed E-state index contributed by atoms with van der Waals surface area (Å²) in [7, 11) is 3.40. The Morgan fingerprint density at radius 2 is 2.00 bits per heavy atom. The maximum atomic E-state index is 14.1. The zero-order chi connectivity index (χ0) is 17.3. The third-order valence-electron chi connectivity index (χ3n) is 3.58. The molecule has 0 saturated heterocycles. The fourth-order valence-electron chi connectivity index (χ4n) is 2.44. The number of pyridine rings is 1. The highest BCUT2D eigenvalue weighted by molar-refractivity contribution is 5.92. The van der Waals surface area contributed by atoms with Crippen LogP contribution in [0, 0.1) is 5.82 Å². The molecule has 0 saturated carbocycles. The Hall–Kier alpha value is -2.83. The molecule has 0 spiro atoms. The molecule has 0 atom stereocenters. The van der Waals surface area contributed by atoms with Crippen LogP contribution in [-0.2, 0) is 6.42 Å². The van der Waals surface area contributed by atoms with Gasteiger partial charge in [-0.15, -0.1) is 0 Å². The van der Waals surface area contributed by atoms with Crippen LogP contribution in [0.2, 0.25) is 0 Å². The lowest BCUT2D eigenvalue weighted by atomic mass is 10.00. The zero-order valence-corrected chi connectivity index (χ0v) is 13.0. The summed E-state index contributed by atoms with van der Waals surface area (Å²) < 4.78 is 14.1. The van der Waals surface area contributed by atoms with Crippen LogP contribution in [0.4, 0.5) is 10.1 Å². The van der Waals surface area contributed by atoms with E-state index in [1.165, 1.54) is 6.07 Å². The van der Waals surface area contributed by atoms with Gasteiger partial charge in [-0.3, -0.25) is 4.79 Å². The molecule has 7 heteroatoms. The molecule has 1 aromatic heterocycles. The lowest BCUT2D eigenvalue weighted by molar-refractivity contribution is 0.0691. The maximum Gasteiger partial charge on any atom is 0.345 e. The number of halogens is 1. The van der Waals surface area contributed by atoms with E-state index in [1.807, 2.05) is 0 Å². The van der Waals surface area contributed by atoms with Crippen molar-refractivity contribution in [2.75, 3.05) is 19.0 Å². The Labute approximate surface area is 131 Å². The molecule has 3 N–H and O–H groups in total. The molecule has 2 rings (SSSR count). The summed E-state index contributed by atoms with van der Waals surface area (Å²) in [6.07, 6.45) is 0.273. The van der Waals surface area contributed by atoms with Gasteiger partial charge in [0, 0.05) is 25.2 Å². The van der Waals surface area contributed by atoms with Crippen LogP contribution in [0.5, 0.6) is 5.75 Å². The molecular formula is C16H17FN2O4. The number of H-pyrrole nitrogens is 1. The molecule has 1 aromatic carbocycles. The number of benzene rings is 1. The minimum atomic E-state index is -1.51. The van der Waals surface area contributed by atoms with Crippen molar-refractivity contribution in [1.29, 1.82) is 0 Å². The maximum absolute atomic E-state index is 14.1. The standard InChI is InChI=1S/C16H17FN2O4/c1-4-9-13(18-15(21)12(14(9)20)16(22)23)8-5-6-11(19(2)3)10(17)7-8/h5-7H,4H2,1-3H3,(H,22,23)(H2,18,20,21). The molecule has 0 unspecified atom stereocenters. The Morgan fingerprint density at radius 1 is 1.35 bits per heavy atom. The van der Waals surface area contributed by atoms with E-state index in [0.29, 0.717) is 11.3 Å². The number of hydrogen-bond donors (Lipinski definition) is 3. The molecule has 0 aliphatic rings. The van der Waals surface area contributed by atoms with Crippen molar-refractivity contribution in [3.8, 4) is 17.0 Å².